The second kappa shape index (κ2) is 10.0. The molecule has 4 rings (SSSR count). The molecule has 3 aromatic rings. The van der Waals surface area contributed by atoms with Crippen LogP contribution in [0.4, 0.5) is 11.4 Å². The maximum absolute atomic E-state index is 13.2. The molecule has 1 aliphatic rings. The van der Waals surface area contributed by atoms with Crippen molar-refractivity contribution >= 4 is 29.0 Å². The molecule has 6 heteroatoms. The fraction of sp³-hybridized carbons (Fsp3) is 0.250. The Morgan fingerprint density at radius 1 is 1.03 bits per heavy atom. The molecule has 1 heterocycles. The normalized spacial score (nSPS) is 15.3. The summed E-state index contributed by atoms with van der Waals surface area (Å²) >= 11 is 0. The third-order valence-corrected chi connectivity index (χ3v) is 5.80. The number of rotatable bonds is 7. The molecule has 0 fully saturated rings. The van der Waals surface area contributed by atoms with Crippen molar-refractivity contribution in [2.24, 2.45) is 4.99 Å². The molecule has 0 bridgehead atoms. The van der Waals surface area contributed by atoms with Gasteiger partial charge in [0.25, 0.3) is 0 Å². The van der Waals surface area contributed by atoms with Gasteiger partial charge in [0.1, 0.15) is 5.92 Å². The largest absolute Gasteiger partial charge is 0.462 e. The Morgan fingerprint density at radius 2 is 1.79 bits per heavy atom. The highest BCUT2D eigenvalue weighted by Crippen LogP contribution is 2.37. The van der Waals surface area contributed by atoms with Crippen LogP contribution in [-0.4, -0.2) is 43.2 Å². The van der Waals surface area contributed by atoms with E-state index in [2.05, 4.69) is 29.3 Å². The van der Waals surface area contributed by atoms with Gasteiger partial charge in [0.15, 0.2) is 0 Å². The smallest absolute Gasteiger partial charge is 0.338 e. The molecule has 0 aromatic heterocycles. The average molecular weight is 456 g/mol. The number of hydrogen-bond acceptors (Lipinski definition) is 5. The molecule has 1 atom stereocenters. The topological polar surface area (TPSA) is 71.0 Å². The van der Waals surface area contributed by atoms with Crippen molar-refractivity contribution in [2.75, 3.05) is 26.0 Å². The lowest BCUT2D eigenvalue weighted by atomic mass is 9.90. The van der Waals surface area contributed by atoms with Gasteiger partial charge in [-0.15, -0.1) is 0 Å². The maximum atomic E-state index is 13.2. The summed E-state index contributed by atoms with van der Waals surface area (Å²) in [6.07, 6.45) is 0. The summed E-state index contributed by atoms with van der Waals surface area (Å²) < 4.78 is 5.10. The van der Waals surface area contributed by atoms with Gasteiger partial charge in [-0.2, -0.15) is 0 Å². The van der Waals surface area contributed by atoms with Crippen molar-refractivity contribution in [3.63, 3.8) is 0 Å². The number of amides is 1. The molecule has 0 spiro atoms. The highest BCUT2D eigenvalue weighted by Gasteiger charge is 2.36. The molecular formula is C28H29N3O3. The molecule has 0 saturated heterocycles. The van der Waals surface area contributed by atoms with E-state index in [0.717, 1.165) is 28.9 Å². The number of hydrogen-bond donors (Lipinski definition) is 1. The average Bonchev–Trinajstić information content (AvgIpc) is 3.14. The van der Waals surface area contributed by atoms with Crippen molar-refractivity contribution < 1.29 is 14.3 Å². The lowest BCUT2D eigenvalue weighted by Crippen LogP contribution is -2.22. The van der Waals surface area contributed by atoms with E-state index in [1.165, 1.54) is 5.56 Å². The van der Waals surface area contributed by atoms with E-state index in [0.29, 0.717) is 23.6 Å². The highest BCUT2D eigenvalue weighted by atomic mass is 16.5. The van der Waals surface area contributed by atoms with E-state index in [4.69, 9.17) is 9.73 Å². The third-order valence-electron chi connectivity index (χ3n) is 5.80. The van der Waals surface area contributed by atoms with Crippen LogP contribution in [-0.2, 0) is 16.1 Å². The van der Waals surface area contributed by atoms with Gasteiger partial charge in [0.05, 0.1) is 23.6 Å². The predicted octanol–water partition coefficient (Wildman–Crippen LogP) is 5.09. The van der Waals surface area contributed by atoms with Crippen LogP contribution in [0.5, 0.6) is 0 Å². The zero-order valence-corrected chi connectivity index (χ0v) is 20.0. The Morgan fingerprint density at radius 3 is 2.47 bits per heavy atom. The van der Waals surface area contributed by atoms with Gasteiger partial charge in [-0.25, -0.2) is 4.79 Å². The van der Waals surface area contributed by atoms with Crippen molar-refractivity contribution in [3.05, 3.63) is 94.5 Å². The summed E-state index contributed by atoms with van der Waals surface area (Å²) in [5.41, 5.74) is 6.54. The van der Waals surface area contributed by atoms with E-state index in [1.54, 1.807) is 19.1 Å². The number of carbonyl (C=O) groups excluding carboxylic acids is 2. The van der Waals surface area contributed by atoms with Gasteiger partial charge in [-0.3, -0.25) is 9.79 Å². The predicted molar refractivity (Wildman–Crippen MR) is 135 cm³/mol. The first-order valence-electron chi connectivity index (χ1n) is 11.4. The molecule has 1 amide bonds. The van der Waals surface area contributed by atoms with Crippen LogP contribution in [0.2, 0.25) is 0 Å². The number of fused-ring (bicyclic) bond motifs is 1. The standard InChI is InChI=1S/C28H29N3O3/c1-5-34-28(33)20-12-14-23-24(16-20)30-27(32)25(23)26(19-9-7-6-8-10-19)29-22-13-11-21(17-31(3)4)18(2)15-22/h6-16,25H,5,17H2,1-4H3,(H,30,32). The number of ether oxygens (including phenoxy) is 1. The molecule has 34 heavy (non-hydrogen) atoms. The van der Waals surface area contributed by atoms with E-state index in [1.807, 2.05) is 56.6 Å². The molecular weight excluding hydrogens is 426 g/mol. The second-order valence-corrected chi connectivity index (χ2v) is 8.66. The Balaban J connectivity index is 1.77. The minimum Gasteiger partial charge on any atom is -0.462 e. The summed E-state index contributed by atoms with van der Waals surface area (Å²) in [4.78, 5) is 32.4. The minimum absolute atomic E-state index is 0.167. The first kappa shape index (κ1) is 23.4. The van der Waals surface area contributed by atoms with E-state index in [-0.39, 0.29) is 5.91 Å². The lowest BCUT2D eigenvalue weighted by molar-refractivity contribution is -0.115. The number of aryl methyl sites for hydroxylation is 1. The number of nitrogens with one attached hydrogen (secondary N) is 1. The fourth-order valence-corrected chi connectivity index (χ4v) is 4.19. The molecule has 1 aliphatic heterocycles. The van der Waals surface area contributed by atoms with Crippen LogP contribution in [0, 0.1) is 6.92 Å². The van der Waals surface area contributed by atoms with Crippen LogP contribution in [0.3, 0.4) is 0 Å². The Hall–Kier alpha value is -3.77. The van der Waals surface area contributed by atoms with Gasteiger partial charge in [-0.05, 0) is 74.5 Å². The molecule has 1 unspecified atom stereocenters. The number of anilines is 1. The molecule has 6 nitrogen and oxygen atoms in total. The van der Waals surface area contributed by atoms with Crippen LogP contribution in [0.15, 0.2) is 71.7 Å². The van der Waals surface area contributed by atoms with Gasteiger partial charge in [0, 0.05) is 12.2 Å². The van der Waals surface area contributed by atoms with Gasteiger partial charge in [-0.1, -0.05) is 42.5 Å². The zero-order valence-electron chi connectivity index (χ0n) is 20.0. The molecule has 3 aromatic carbocycles. The highest BCUT2D eigenvalue weighted by molar-refractivity contribution is 6.24. The first-order valence-corrected chi connectivity index (χ1v) is 11.4. The van der Waals surface area contributed by atoms with Crippen LogP contribution in [0.1, 0.15) is 45.5 Å². The molecule has 174 valence electrons. The van der Waals surface area contributed by atoms with Crippen molar-refractivity contribution in [2.45, 2.75) is 26.3 Å². The maximum Gasteiger partial charge on any atom is 0.338 e. The Bertz CT molecular complexity index is 1250. The number of esters is 1. The van der Waals surface area contributed by atoms with Crippen molar-refractivity contribution in [1.29, 1.82) is 0 Å². The number of benzene rings is 3. The fourth-order valence-electron chi connectivity index (χ4n) is 4.19. The van der Waals surface area contributed by atoms with E-state index in [9.17, 15) is 9.59 Å². The number of carbonyl (C=O) groups is 2. The monoisotopic (exact) mass is 455 g/mol. The van der Waals surface area contributed by atoms with Gasteiger partial charge < -0.3 is 15.0 Å². The first-order chi connectivity index (χ1) is 16.4. The third kappa shape index (κ3) is 4.92. The minimum atomic E-state index is -0.588. The molecule has 0 saturated carbocycles. The van der Waals surface area contributed by atoms with Gasteiger partial charge in [0.2, 0.25) is 5.91 Å². The second-order valence-electron chi connectivity index (χ2n) is 8.66. The van der Waals surface area contributed by atoms with Crippen molar-refractivity contribution in [3.8, 4) is 0 Å². The van der Waals surface area contributed by atoms with E-state index >= 15 is 0 Å². The summed E-state index contributed by atoms with van der Waals surface area (Å²) in [5.74, 6) is -1.16. The SMILES string of the molecule is CCOC(=O)c1ccc2c(c1)NC(=O)C2C(=Nc1ccc(CN(C)C)c(C)c1)c1ccccc1. The van der Waals surface area contributed by atoms with Crippen LogP contribution in [0.25, 0.3) is 0 Å². The molecule has 0 radical (unpaired) electrons. The Kier molecular flexibility index (Phi) is 6.89. The summed E-state index contributed by atoms with van der Waals surface area (Å²) in [7, 11) is 4.09. The van der Waals surface area contributed by atoms with Crippen molar-refractivity contribution in [1.82, 2.24) is 4.90 Å². The molecule has 0 aliphatic carbocycles. The lowest BCUT2D eigenvalue weighted by Gasteiger charge is -2.15. The van der Waals surface area contributed by atoms with Gasteiger partial charge >= 0.3 is 5.97 Å². The quantitative estimate of drug-likeness (QED) is 0.398. The van der Waals surface area contributed by atoms with Crippen LogP contribution >= 0.6 is 0 Å². The summed E-state index contributed by atoms with van der Waals surface area (Å²) in [6.45, 7) is 4.99. The van der Waals surface area contributed by atoms with Crippen LogP contribution < -0.4 is 5.32 Å². The van der Waals surface area contributed by atoms with E-state index < -0.39 is 11.9 Å². The summed E-state index contributed by atoms with van der Waals surface area (Å²) in [6, 6.07) is 21.1. The summed E-state index contributed by atoms with van der Waals surface area (Å²) in [5, 5.41) is 2.93. The molecule has 1 N–H and O–H groups in total. The zero-order chi connectivity index (χ0) is 24.2. The number of nitrogens with zero attached hydrogens (tertiary/aromatic N) is 2. The Labute approximate surface area is 200 Å². The number of aliphatic imine (C=N–C) groups is 1.